The third-order valence-electron chi connectivity index (χ3n) is 9.57. The van der Waals surface area contributed by atoms with Crippen LogP contribution in [0.5, 0.6) is 0 Å². The van der Waals surface area contributed by atoms with Crippen LogP contribution in [0.3, 0.4) is 0 Å². The molecule has 0 aliphatic rings. The van der Waals surface area contributed by atoms with E-state index in [4.69, 9.17) is 18.8 Å². The fourth-order valence-electron chi connectivity index (χ4n) is 7.52. The Bertz CT molecular complexity index is 3090. The number of para-hydroxylation sites is 4. The summed E-state index contributed by atoms with van der Waals surface area (Å²) >= 11 is 0. The van der Waals surface area contributed by atoms with Crippen LogP contribution in [0.4, 0.5) is 0 Å². The monoisotopic (exact) mass is 601 g/mol. The number of aromatic nitrogens is 3. The molecule has 0 saturated heterocycles. The Hall–Kier alpha value is -6.46. The van der Waals surface area contributed by atoms with Crippen molar-refractivity contribution in [3.63, 3.8) is 0 Å². The average molecular weight is 602 g/mol. The maximum absolute atomic E-state index is 6.42. The molecule has 11 rings (SSSR count). The van der Waals surface area contributed by atoms with Gasteiger partial charge in [-0.2, -0.15) is 0 Å². The Morgan fingerprint density at radius 2 is 1.09 bits per heavy atom. The van der Waals surface area contributed by atoms with Gasteiger partial charge < -0.3 is 8.83 Å². The second kappa shape index (κ2) is 9.05. The zero-order valence-corrected chi connectivity index (χ0v) is 24.9. The standard InChI is InChI=1S/C42H23N3O2/c1-2-10-26-24(9-1)17-19-28-27-11-3-7-15-33(27)45(41(26)28)42-40(43-31-13-5-6-14-32(31)44-42)25-18-20-35-30(23-25)39-37(47-35)22-21-36-38(39)29-12-4-8-16-34(29)46-36/h1-23H. The molecule has 4 aromatic heterocycles. The van der Waals surface area contributed by atoms with E-state index in [1.54, 1.807) is 0 Å². The zero-order valence-electron chi connectivity index (χ0n) is 24.9. The Labute approximate surface area is 266 Å². The smallest absolute Gasteiger partial charge is 0.165 e. The number of rotatable bonds is 2. The van der Waals surface area contributed by atoms with Gasteiger partial charge >= 0.3 is 0 Å². The van der Waals surface area contributed by atoms with Gasteiger partial charge in [0, 0.05) is 43.3 Å². The molecule has 7 aromatic carbocycles. The lowest BCUT2D eigenvalue weighted by Gasteiger charge is -2.14. The largest absolute Gasteiger partial charge is 0.456 e. The molecule has 0 saturated carbocycles. The zero-order chi connectivity index (χ0) is 30.6. The normalized spacial score (nSPS) is 12.3. The van der Waals surface area contributed by atoms with Crippen molar-refractivity contribution in [2.24, 2.45) is 0 Å². The highest BCUT2D eigenvalue weighted by Crippen LogP contribution is 2.43. The van der Waals surface area contributed by atoms with Crippen LogP contribution >= 0.6 is 0 Å². The van der Waals surface area contributed by atoms with Crippen molar-refractivity contribution in [1.29, 1.82) is 0 Å². The van der Waals surface area contributed by atoms with Crippen LogP contribution in [0.2, 0.25) is 0 Å². The molecule has 5 heteroatoms. The molecule has 5 nitrogen and oxygen atoms in total. The third-order valence-corrected chi connectivity index (χ3v) is 9.57. The van der Waals surface area contributed by atoms with Gasteiger partial charge in [0.25, 0.3) is 0 Å². The Morgan fingerprint density at radius 3 is 1.94 bits per heavy atom. The van der Waals surface area contributed by atoms with E-state index in [-0.39, 0.29) is 0 Å². The highest BCUT2D eigenvalue weighted by molar-refractivity contribution is 6.26. The summed E-state index contributed by atoms with van der Waals surface area (Å²) < 4.78 is 15.0. The van der Waals surface area contributed by atoms with Gasteiger partial charge in [-0.3, -0.25) is 4.57 Å². The van der Waals surface area contributed by atoms with E-state index in [2.05, 4.69) is 95.6 Å². The number of hydrogen-bond acceptors (Lipinski definition) is 4. The molecule has 0 N–H and O–H groups in total. The third kappa shape index (κ3) is 3.37. The van der Waals surface area contributed by atoms with Crippen molar-refractivity contribution in [3.8, 4) is 17.1 Å². The molecule has 0 unspecified atom stereocenters. The van der Waals surface area contributed by atoms with Crippen LogP contribution in [0.15, 0.2) is 148 Å². The molecule has 0 aliphatic heterocycles. The fraction of sp³-hybridized carbons (Fsp3) is 0. The van der Waals surface area contributed by atoms with Crippen molar-refractivity contribution < 1.29 is 8.83 Å². The first-order valence-electron chi connectivity index (χ1n) is 15.8. The van der Waals surface area contributed by atoms with Crippen LogP contribution in [-0.4, -0.2) is 14.5 Å². The minimum absolute atomic E-state index is 0.789. The molecular formula is C42H23N3O2. The molecule has 4 heterocycles. The van der Waals surface area contributed by atoms with E-state index < -0.39 is 0 Å². The van der Waals surface area contributed by atoms with Crippen molar-refractivity contribution in [2.45, 2.75) is 0 Å². The summed E-state index contributed by atoms with van der Waals surface area (Å²) in [4.78, 5) is 10.7. The second-order valence-corrected chi connectivity index (χ2v) is 12.1. The first-order valence-corrected chi connectivity index (χ1v) is 15.8. The highest BCUT2D eigenvalue weighted by Gasteiger charge is 2.22. The highest BCUT2D eigenvalue weighted by atomic mass is 16.3. The molecule has 218 valence electrons. The van der Waals surface area contributed by atoms with Crippen molar-refractivity contribution in [3.05, 3.63) is 140 Å². The molecule has 0 bridgehead atoms. The molecule has 0 aliphatic carbocycles. The summed E-state index contributed by atoms with van der Waals surface area (Å²) in [5.74, 6) is 0.789. The molecule has 47 heavy (non-hydrogen) atoms. The number of hydrogen-bond donors (Lipinski definition) is 0. The van der Waals surface area contributed by atoms with Gasteiger partial charge in [-0.1, -0.05) is 84.9 Å². The number of benzene rings is 7. The lowest BCUT2D eigenvalue weighted by molar-refractivity contribution is 0.663. The SMILES string of the molecule is c1ccc2c(c1)ccc1c3ccccc3n(-c3nc4ccccc4nc3-c3ccc4oc5ccc6oc7ccccc7c6c5c4c3)c21. The van der Waals surface area contributed by atoms with Crippen LogP contribution in [0.25, 0.3) is 105 Å². The lowest BCUT2D eigenvalue weighted by Crippen LogP contribution is -2.04. The van der Waals surface area contributed by atoms with E-state index in [9.17, 15) is 0 Å². The fourth-order valence-corrected chi connectivity index (χ4v) is 7.52. The maximum atomic E-state index is 6.42. The van der Waals surface area contributed by atoms with E-state index >= 15 is 0 Å². The van der Waals surface area contributed by atoms with Gasteiger partial charge in [-0.25, -0.2) is 9.97 Å². The molecule has 0 radical (unpaired) electrons. The average Bonchev–Trinajstić information content (AvgIpc) is 3.80. The van der Waals surface area contributed by atoms with Gasteiger partial charge in [-0.05, 0) is 60.0 Å². The lowest BCUT2D eigenvalue weighted by atomic mass is 10.0. The number of nitrogens with zero attached hydrogens (tertiary/aromatic N) is 3. The first-order chi connectivity index (χ1) is 23.3. The van der Waals surface area contributed by atoms with Gasteiger partial charge in [-0.15, -0.1) is 0 Å². The summed E-state index contributed by atoms with van der Waals surface area (Å²) in [5, 5.41) is 8.92. The summed E-state index contributed by atoms with van der Waals surface area (Å²) in [5.41, 5.74) is 9.02. The van der Waals surface area contributed by atoms with E-state index in [1.807, 2.05) is 48.5 Å². The van der Waals surface area contributed by atoms with E-state index in [1.165, 1.54) is 21.5 Å². The molecule has 0 fully saturated rings. The molecule has 0 spiro atoms. The van der Waals surface area contributed by atoms with Crippen molar-refractivity contribution in [2.75, 3.05) is 0 Å². The molecule has 11 aromatic rings. The first kappa shape index (κ1) is 24.8. The summed E-state index contributed by atoms with van der Waals surface area (Å²) in [6.45, 7) is 0. The van der Waals surface area contributed by atoms with Gasteiger partial charge in [0.1, 0.15) is 28.0 Å². The minimum atomic E-state index is 0.789. The van der Waals surface area contributed by atoms with Crippen LogP contribution in [0, 0.1) is 0 Å². The van der Waals surface area contributed by atoms with Crippen LogP contribution in [0.1, 0.15) is 0 Å². The summed E-state index contributed by atoms with van der Waals surface area (Å²) in [7, 11) is 0. The van der Waals surface area contributed by atoms with Crippen LogP contribution in [-0.2, 0) is 0 Å². The van der Waals surface area contributed by atoms with Crippen LogP contribution < -0.4 is 0 Å². The van der Waals surface area contributed by atoms with E-state index in [0.29, 0.717) is 0 Å². The van der Waals surface area contributed by atoms with Crippen molar-refractivity contribution >= 4 is 87.5 Å². The number of furan rings is 2. The number of fused-ring (bicyclic) bond motifs is 13. The molecular weight excluding hydrogens is 578 g/mol. The Kier molecular flexibility index (Phi) is 4.78. The van der Waals surface area contributed by atoms with E-state index in [0.717, 1.165) is 83.0 Å². The van der Waals surface area contributed by atoms with Crippen molar-refractivity contribution in [1.82, 2.24) is 14.5 Å². The summed E-state index contributed by atoms with van der Waals surface area (Å²) in [6, 6.07) is 48.2. The maximum Gasteiger partial charge on any atom is 0.165 e. The topological polar surface area (TPSA) is 57.0 Å². The Balaban J connectivity index is 1.29. The second-order valence-electron chi connectivity index (χ2n) is 12.1. The van der Waals surface area contributed by atoms with Gasteiger partial charge in [0.15, 0.2) is 5.82 Å². The van der Waals surface area contributed by atoms with Gasteiger partial charge in [0.2, 0.25) is 0 Å². The molecule has 0 atom stereocenters. The minimum Gasteiger partial charge on any atom is -0.456 e. The Morgan fingerprint density at radius 1 is 0.447 bits per heavy atom. The quantitative estimate of drug-likeness (QED) is 0.198. The summed E-state index contributed by atoms with van der Waals surface area (Å²) in [6.07, 6.45) is 0. The predicted octanol–water partition coefficient (Wildman–Crippen LogP) is 11.3. The molecule has 0 amide bonds. The predicted molar refractivity (Wildman–Crippen MR) is 191 cm³/mol. The van der Waals surface area contributed by atoms with Gasteiger partial charge in [0.05, 0.1) is 22.1 Å².